The van der Waals surface area contributed by atoms with Crippen molar-refractivity contribution < 1.29 is 4.79 Å². The Kier molecular flexibility index (Phi) is 3.56. The van der Waals surface area contributed by atoms with E-state index in [0.717, 1.165) is 12.2 Å². The number of hydrogen-bond donors (Lipinski definition) is 2. The molecule has 5 nitrogen and oxygen atoms in total. The van der Waals surface area contributed by atoms with Crippen LogP contribution in [0.15, 0.2) is 12.3 Å². The van der Waals surface area contributed by atoms with Gasteiger partial charge in [-0.25, -0.2) is 0 Å². The first-order valence-electron chi connectivity index (χ1n) is 5.72. The molecule has 1 fully saturated rings. The van der Waals surface area contributed by atoms with Crippen LogP contribution in [0.2, 0.25) is 0 Å². The summed E-state index contributed by atoms with van der Waals surface area (Å²) < 4.78 is 1.73. The Hall–Kier alpha value is -1.36. The highest BCUT2D eigenvalue weighted by molar-refractivity contribution is 5.75. The van der Waals surface area contributed by atoms with E-state index in [9.17, 15) is 4.79 Å². The van der Waals surface area contributed by atoms with Crippen molar-refractivity contribution in [2.24, 2.45) is 7.05 Å². The number of aryl methyl sites for hydroxylation is 1. The lowest BCUT2D eigenvalue weighted by Crippen LogP contribution is -2.28. The van der Waals surface area contributed by atoms with Gasteiger partial charge in [0.05, 0.1) is 12.2 Å². The predicted octanol–water partition coefficient (Wildman–Crippen LogP) is 0.178. The Bertz CT molecular complexity index is 357. The van der Waals surface area contributed by atoms with Gasteiger partial charge in [-0.2, -0.15) is 5.10 Å². The van der Waals surface area contributed by atoms with E-state index in [4.69, 9.17) is 0 Å². The number of rotatable bonds is 6. The Morgan fingerprint density at radius 3 is 3.06 bits per heavy atom. The molecule has 5 heteroatoms. The molecule has 1 amide bonds. The van der Waals surface area contributed by atoms with E-state index in [1.54, 1.807) is 4.68 Å². The zero-order chi connectivity index (χ0) is 11.4. The zero-order valence-corrected chi connectivity index (χ0v) is 9.57. The molecule has 0 saturated heterocycles. The third-order valence-corrected chi connectivity index (χ3v) is 2.60. The Labute approximate surface area is 95.2 Å². The van der Waals surface area contributed by atoms with Gasteiger partial charge in [0.2, 0.25) is 5.91 Å². The van der Waals surface area contributed by atoms with E-state index >= 15 is 0 Å². The molecular weight excluding hydrogens is 204 g/mol. The summed E-state index contributed by atoms with van der Waals surface area (Å²) in [6, 6.07) is 2.58. The van der Waals surface area contributed by atoms with E-state index < -0.39 is 0 Å². The lowest BCUT2D eigenvalue weighted by molar-refractivity contribution is -0.121. The second-order valence-electron chi connectivity index (χ2n) is 4.24. The lowest BCUT2D eigenvalue weighted by atomic mass is 10.3. The molecule has 1 aliphatic rings. The Morgan fingerprint density at radius 1 is 1.62 bits per heavy atom. The number of nitrogens with zero attached hydrogens (tertiary/aromatic N) is 2. The van der Waals surface area contributed by atoms with Crippen LogP contribution >= 0.6 is 0 Å². The molecular formula is C11H18N4O. The maximum absolute atomic E-state index is 11.4. The van der Waals surface area contributed by atoms with E-state index in [1.807, 2.05) is 19.3 Å². The van der Waals surface area contributed by atoms with Gasteiger partial charge in [-0.1, -0.05) is 0 Å². The quantitative estimate of drug-likeness (QED) is 0.722. The zero-order valence-electron chi connectivity index (χ0n) is 9.57. The van der Waals surface area contributed by atoms with Crippen LogP contribution in [0.3, 0.4) is 0 Å². The number of amides is 1. The second kappa shape index (κ2) is 5.12. The average Bonchev–Trinajstić information content (AvgIpc) is 2.98. The molecule has 0 radical (unpaired) electrons. The number of carbonyl (C=O) groups is 1. The SMILES string of the molecule is Cn1ccc(CNC(=O)CCNC2CC2)n1. The van der Waals surface area contributed by atoms with Gasteiger partial charge in [-0.15, -0.1) is 0 Å². The molecule has 88 valence electrons. The summed E-state index contributed by atoms with van der Waals surface area (Å²) >= 11 is 0. The minimum absolute atomic E-state index is 0.0822. The van der Waals surface area contributed by atoms with Gasteiger partial charge in [0.25, 0.3) is 0 Å². The highest BCUT2D eigenvalue weighted by atomic mass is 16.1. The molecule has 1 aromatic heterocycles. The minimum atomic E-state index is 0.0822. The molecule has 0 bridgehead atoms. The first kappa shape index (κ1) is 11.1. The van der Waals surface area contributed by atoms with Gasteiger partial charge in [0, 0.05) is 32.3 Å². The van der Waals surface area contributed by atoms with E-state index in [1.165, 1.54) is 12.8 Å². The Balaban J connectivity index is 1.59. The lowest BCUT2D eigenvalue weighted by Gasteiger charge is -2.04. The summed E-state index contributed by atoms with van der Waals surface area (Å²) in [4.78, 5) is 11.4. The summed E-state index contributed by atoms with van der Waals surface area (Å²) in [6.07, 6.45) is 4.94. The van der Waals surface area contributed by atoms with Crippen LogP contribution in [0.1, 0.15) is 25.0 Å². The molecule has 0 unspecified atom stereocenters. The van der Waals surface area contributed by atoms with Crippen molar-refractivity contribution in [3.63, 3.8) is 0 Å². The standard InChI is InChI=1S/C11H18N4O/c1-15-7-5-10(14-15)8-13-11(16)4-6-12-9-2-3-9/h5,7,9,12H,2-4,6,8H2,1H3,(H,13,16). The van der Waals surface area contributed by atoms with Crippen molar-refractivity contribution in [1.82, 2.24) is 20.4 Å². The maximum Gasteiger partial charge on any atom is 0.221 e. The van der Waals surface area contributed by atoms with E-state index in [-0.39, 0.29) is 5.91 Å². The molecule has 2 rings (SSSR count). The molecule has 1 aromatic rings. The fourth-order valence-corrected chi connectivity index (χ4v) is 1.51. The smallest absolute Gasteiger partial charge is 0.221 e. The maximum atomic E-state index is 11.4. The topological polar surface area (TPSA) is 59.0 Å². The van der Waals surface area contributed by atoms with Crippen LogP contribution in [0, 0.1) is 0 Å². The van der Waals surface area contributed by atoms with Crippen molar-refractivity contribution in [1.29, 1.82) is 0 Å². The number of nitrogens with one attached hydrogen (secondary N) is 2. The van der Waals surface area contributed by atoms with Gasteiger partial charge in [-0.3, -0.25) is 9.48 Å². The molecule has 0 aliphatic heterocycles. The van der Waals surface area contributed by atoms with Crippen molar-refractivity contribution in [2.75, 3.05) is 6.54 Å². The summed E-state index contributed by atoms with van der Waals surface area (Å²) in [5.74, 6) is 0.0822. The van der Waals surface area contributed by atoms with Crippen molar-refractivity contribution in [3.8, 4) is 0 Å². The normalized spacial score (nSPS) is 15.1. The van der Waals surface area contributed by atoms with Crippen LogP contribution in [-0.2, 0) is 18.4 Å². The molecule has 0 aromatic carbocycles. The highest BCUT2D eigenvalue weighted by Gasteiger charge is 2.19. The largest absolute Gasteiger partial charge is 0.350 e. The van der Waals surface area contributed by atoms with Gasteiger partial charge in [0.15, 0.2) is 0 Å². The summed E-state index contributed by atoms with van der Waals surface area (Å²) in [7, 11) is 1.87. The fraction of sp³-hybridized carbons (Fsp3) is 0.636. The Morgan fingerprint density at radius 2 is 2.44 bits per heavy atom. The van der Waals surface area contributed by atoms with Crippen LogP contribution in [0.5, 0.6) is 0 Å². The molecule has 1 saturated carbocycles. The van der Waals surface area contributed by atoms with Crippen molar-refractivity contribution in [2.45, 2.75) is 31.8 Å². The second-order valence-corrected chi connectivity index (χ2v) is 4.24. The van der Waals surface area contributed by atoms with Gasteiger partial charge >= 0.3 is 0 Å². The highest BCUT2D eigenvalue weighted by Crippen LogP contribution is 2.18. The van der Waals surface area contributed by atoms with Crippen LogP contribution in [-0.4, -0.2) is 28.3 Å². The monoisotopic (exact) mass is 222 g/mol. The number of hydrogen-bond acceptors (Lipinski definition) is 3. The first-order valence-corrected chi connectivity index (χ1v) is 5.72. The molecule has 1 heterocycles. The molecule has 0 spiro atoms. The summed E-state index contributed by atoms with van der Waals surface area (Å²) in [5, 5.41) is 10.3. The van der Waals surface area contributed by atoms with Crippen molar-refractivity contribution in [3.05, 3.63) is 18.0 Å². The van der Waals surface area contributed by atoms with E-state index in [2.05, 4.69) is 15.7 Å². The van der Waals surface area contributed by atoms with E-state index in [0.29, 0.717) is 19.0 Å². The van der Waals surface area contributed by atoms with Gasteiger partial charge in [0.1, 0.15) is 0 Å². The predicted molar refractivity (Wildman–Crippen MR) is 60.7 cm³/mol. The molecule has 16 heavy (non-hydrogen) atoms. The first-order chi connectivity index (χ1) is 7.74. The third-order valence-electron chi connectivity index (χ3n) is 2.60. The molecule has 1 aliphatic carbocycles. The molecule has 0 atom stereocenters. The number of aromatic nitrogens is 2. The summed E-state index contributed by atoms with van der Waals surface area (Å²) in [6.45, 7) is 1.29. The van der Waals surface area contributed by atoms with Crippen LogP contribution in [0.25, 0.3) is 0 Å². The summed E-state index contributed by atoms with van der Waals surface area (Å²) in [5.41, 5.74) is 0.894. The minimum Gasteiger partial charge on any atom is -0.350 e. The van der Waals surface area contributed by atoms with Crippen molar-refractivity contribution >= 4 is 5.91 Å². The average molecular weight is 222 g/mol. The van der Waals surface area contributed by atoms with Crippen LogP contribution in [0.4, 0.5) is 0 Å². The fourth-order valence-electron chi connectivity index (χ4n) is 1.51. The van der Waals surface area contributed by atoms with Crippen LogP contribution < -0.4 is 10.6 Å². The molecule has 2 N–H and O–H groups in total. The van der Waals surface area contributed by atoms with Gasteiger partial charge < -0.3 is 10.6 Å². The number of carbonyl (C=O) groups excluding carboxylic acids is 1. The van der Waals surface area contributed by atoms with Gasteiger partial charge in [-0.05, 0) is 18.9 Å². The third kappa shape index (κ3) is 3.66.